The fourth-order valence-electron chi connectivity index (χ4n) is 2.04. The van der Waals surface area contributed by atoms with Gasteiger partial charge >= 0.3 is 0 Å². The number of nitrogens with zero attached hydrogens (tertiary/aromatic N) is 2. The first kappa shape index (κ1) is 17.4. The summed E-state index contributed by atoms with van der Waals surface area (Å²) in [6.07, 6.45) is 1.54. The molecule has 7 heteroatoms. The van der Waals surface area contributed by atoms with E-state index in [0.717, 1.165) is 31.3 Å². The third kappa shape index (κ3) is 4.37. The number of nitrogens with two attached hydrogens (primary N) is 1. The summed E-state index contributed by atoms with van der Waals surface area (Å²) >= 11 is 3.00. The third-order valence-corrected chi connectivity index (χ3v) is 5.41. The molecule has 25 heavy (non-hydrogen) atoms. The molecule has 1 aromatic heterocycles. The molecular weight excluding hydrogens is 354 g/mol. The van der Waals surface area contributed by atoms with Crippen LogP contribution < -0.4 is 15.2 Å². The molecule has 2 N–H and O–H groups in total. The van der Waals surface area contributed by atoms with Gasteiger partial charge in [0.05, 0.1) is 19.9 Å². The molecule has 2 aromatic carbocycles. The van der Waals surface area contributed by atoms with Gasteiger partial charge in [0.1, 0.15) is 27.9 Å². The van der Waals surface area contributed by atoms with Crippen molar-refractivity contribution < 1.29 is 9.47 Å². The molecule has 0 radical (unpaired) electrons. The number of benzene rings is 2. The van der Waals surface area contributed by atoms with Crippen LogP contribution in [0.15, 0.2) is 74.7 Å². The van der Waals surface area contributed by atoms with Crippen LogP contribution in [0.4, 0.5) is 5.69 Å². The number of hydrogen-bond donors (Lipinski definition) is 1. The number of ether oxygens (including phenoxy) is 2. The first-order valence-electron chi connectivity index (χ1n) is 7.44. The van der Waals surface area contributed by atoms with Crippen LogP contribution in [0.1, 0.15) is 0 Å². The number of methoxy groups -OCH3 is 2. The van der Waals surface area contributed by atoms with Crippen LogP contribution in [-0.4, -0.2) is 24.2 Å². The van der Waals surface area contributed by atoms with Gasteiger partial charge in [-0.15, -0.1) is 0 Å². The fraction of sp³-hybridized carbons (Fsp3) is 0.111. The molecule has 0 amide bonds. The molecule has 0 aliphatic carbocycles. The van der Waals surface area contributed by atoms with Crippen molar-refractivity contribution in [2.75, 3.05) is 20.0 Å². The molecule has 0 bridgehead atoms. The Morgan fingerprint density at radius 2 is 1.12 bits per heavy atom. The Hall–Kier alpha value is -2.38. The highest BCUT2D eigenvalue weighted by Gasteiger charge is 2.11. The molecule has 3 aromatic rings. The topological polar surface area (TPSA) is 70.3 Å². The summed E-state index contributed by atoms with van der Waals surface area (Å²) < 4.78 is 10.3. The molecule has 0 aliphatic heterocycles. The van der Waals surface area contributed by atoms with E-state index in [1.807, 2.05) is 48.5 Å². The summed E-state index contributed by atoms with van der Waals surface area (Å²) in [5.41, 5.74) is 6.85. The van der Waals surface area contributed by atoms with Crippen LogP contribution in [-0.2, 0) is 0 Å². The molecule has 1 heterocycles. The van der Waals surface area contributed by atoms with Gasteiger partial charge in [-0.25, -0.2) is 9.97 Å². The SMILES string of the molecule is COc1ccc(Sc2ncnc(Sc3ccc(OC)cc3)c2N)cc1. The number of rotatable bonds is 6. The third-order valence-electron chi connectivity index (χ3n) is 3.36. The first-order valence-corrected chi connectivity index (χ1v) is 9.07. The lowest BCUT2D eigenvalue weighted by Crippen LogP contribution is -1.97. The monoisotopic (exact) mass is 371 g/mol. The summed E-state index contributed by atoms with van der Waals surface area (Å²) in [4.78, 5) is 10.7. The zero-order valence-corrected chi connectivity index (χ0v) is 15.4. The first-order chi connectivity index (χ1) is 12.2. The Morgan fingerprint density at radius 1 is 0.720 bits per heavy atom. The van der Waals surface area contributed by atoms with Crippen molar-refractivity contribution in [3.63, 3.8) is 0 Å². The van der Waals surface area contributed by atoms with E-state index in [1.165, 1.54) is 29.9 Å². The lowest BCUT2D eigenvalue weighted by Gasteiger charge is -2.09. The Kier molecular flexibility index (Phi) is 5.67. The van der Waals surface area contributed by atoms with Gasteiger partial charge in [-0.1, -0.05) is 23.5 Å². The van der Waals surface area contributed by atoms with E-state index < -0.39 is 0 Å². The van der Waals surface area contributed by atoms with Crippen molar-refractivity contribution in [3.8, 4) is 11.5 Å². The summed E-state index contributed by atoms with van der Waals surface area (Å²) in [7, 11) is 3.29. The van der Waals surface area contributed by atoms with E-state index in [9.17, 15) is 0 Å². The predicted molar refractivity (Wildman–Crippen MR) is 101 cm³/mol. The minimum atomic E-state index is 0.573. The molecule has 128 valence electrons. The summed E-state index contributed by atoms with van der Waals surface area (Å²) in [5, 5.41) is 1.47. The minimum Gasteiger partial charge on any atom is -0.497 e. The highest BCUT2D eigenvalue weighted by atomic mass is 32.2. The van der Waals surface area contributed by atoms with Gasteiger partial charge in [0.2, 0.25) is 0 Å². The summed E-state index contributed by atoms with van der Waals surface area (Å²) in [6, 6.07) is 15.5. The Balaban J connectivity index is 1.78. The smallest absolute Gasteiger partial charge is 0.128 e. The van der Waals surface area contributed by atoms with Gasteiger partial charge in [-0.3, -0.25) is 0 Å². The fourth-order valence-corrected chi connectivity index (χ4v) is 3.71. The lowest BCUT2D eigenvalue weighted by molar-refractivity contribution is 0.414. The summed E-state index contributed by atoms with van der Waals surface area (Å²) in [6.45, 7) is 0. The second-order valence-electron chi connectivity index (χ2n) is 4.95. The van der Waals surface area contributed by atoms with Gasteiger partial charge in [0.15, 0.2) is 0 Å². The molecule has 0 unspecified atom stereocenters. The van der Waals surface area contributed by atoms with Crippen molar-refractivity contribution in [1.29, 1.82) is 0 Å². The van der Waals surface area contributed by atoms with Gasteiger partial charge in [-0.05, 0) is 48.5 Å². The molecule has 0 saturated carbocycles. The second-order valence-corrected chi connectivity index (χ2v) is 7.08. The largest absolute Gasteiger partial charge is 0.497 e. The van der Waals surface area contributed by atoms with Crippen LogP contribution in [0.25, 0.3) is 0 Å². The predicted octanol–water partition coefficient (Wildman–Crippen LogP) is 4.38. The molecule has 5 nitrogen and oxygen atoms in total. The van der Waals surface area contributed by atoms with E-state index in [-0.39, 0.29) is 0 Å². The summed E-state index contributed by atoms with van der Waals surface area (Å²) in [5.74, 6) is 1.63. The zero-order valence-electron chi connectivity index (χ0n) is 13.8. The van der Waals surface area contributed by atoms with E-state index in [4.69, 9.17) is 15.2 Å². The van der Waals surface area contributed by atoms with Gasteiger partial charge < -0.3 is 15.2 Å². The van der Waals surface area contributed by atoms with Crippen molar-refractivity contribution in [2.45, 2.75) is 19.8 Å². The van der Waals surface area contributed by atoms with E-state index >= 15 is 0 Å². The van der Waals surface area contributed by atoms with Gasteiger partial charge in [-0.2, -0.15) is 0 Å². The Bertz CT molecular complexity index is 772. The van der Waals surface area contributed by atoms with Crippen molar-refractivity contribution in [3.05, 3.63) is 54.9 Å². The van der Waals surface area contributed by atoms with Crippen LogP contribution in [0, 0.1) is 0 Å². The average Bonchev–Trinajstić information content (AvgIpc) is 2.66. The normalized spacial score (nSPS) is 10.5. The molecule has 0 aliphatic rings. The van der Waals surface area contributed by atoms with E-state index in [2.05, 4.69) is 9.97 Å². The number of nitrogen functional groups attached to an aromatic ring is 1. The highest BCUT2D eigenvalue weighted by molar-refractivity contribution is 8.00. The zero-order chi connectivity index (χ0) is 17.6. The van der Waals surface area contributed by atoms with Gasteiger partial charge in [0, 0.05) is 9.79 Å². The molecule has 0 spiro atoms. The van der Waals surface area contributed by atoms with Crippen LogP contribution >= 0.6 is 23.5 Å². The molecule has 3 rings (SSSR count). The van der Waals surface area contributed by atoms with Gasteiger partial charge in [0.25, 0.3) is 0 Å². The highest BCUT2D eigenvalue weighted by Crippen LogP contribution is 2.37. The standard InChI is InChI=1S/C18H17N3O2S2/c1-22-12-3-7-14(8-4-12)24-17-16(19)18(21-11-20-17)25-15-9-5-13(23-2)6-10-15/h3-11H,19H2,1-2H3. The number of hydrogen-bond acceptors (Lipinski definition) is 7. The second kappa shape index (κ2) is 8.13. The van der Waals surface area contributed by atoms with Crippen molar-refractivity contribution in [1.82, 2.24) is 9.97 Å². The van der Waals surface area contributed by atoms with Crippen LogP contribution in [0.2, 0.25) is 0 Å². The molecule has 0 atom stereocenters. The Labute approximate surface area is 155 Å². The van der Waals surface area contributed by atoms with E-state index in [0.29, 0.717) is 5.69 Å². The maximum absolute atomic E-state index is 6.28. The van der Waals surface area contributed by atoms with E-state index in [1.54, 1.807) is 14.2 Å². The van der Waals surface area contributed by atoms with Crippen molar-refractivity contribution in [2.24, 2.45) is 0 Å². The Morgan fingerprint density at radius 3 is 1.48 bits per heavy atom. The number of anilines is 1. The lowest BCUT2D eigenvalue weighted by atomic mass is 10.3. The minimum absolute atomic E-state index is 0.573. The number of aromatic nitrogens is 2. The quantitative estimate of drug-likeness (QED) is 0.645. The molecule has 0 saturated heterocycles. The molecular formula is C18H17N3O2S2. The maximum atomic E-state index is 6.28. The maximum Gasteiger partial charge on any atom is 0.128 e. The van der Waals surface area contributed by atoms with Crippen LogP contribution in [0.5, 0.6) is 11.5 Å². The van der Waals surface area contributed by atoms with Crippen LogP contribution in [0.3, 0.4) is 0 Å². The molecule has 0 fully saturated rings. The average molecular weight is 371 g/mol. The van der Waals surface area contributed by atoms with Crippen molar-refractivity contribution >= 4 is 29.2 Å².